The molecular weight excluding hydrogens is 298 g/mol. The van der Waals surface area contributed by atoms with Gasteiger partial charge in [0.2, 0.25) is 5.89 Å². The van der Waals surface area contributed by atoms with Crippen LogP contribution in [0.25, 0.3) is 11.5 Å². The molecule has 0 saturated carbocycles. The van der Waals surface area contributed by atoms with Crippen molar-refractivity contribution in [2.75, 3.05) is 0 Å². The van der Waals surface area contributed by atoms with Gasteiger partial charge in [0.25, 0.3) is 5.89 Å². The quantitative estimate of drug-likeness (QED) is 0.683. The van der Waals surface area contributed by atoms with Gasteiger partial charge in [0, 0.05) is 5.56 Å². The van der Waals surface area contributed by atoms with Crippen LogP contribution in [0.3, 0.4) is 0 Å². The first-order valence-corrected chi connectivity index (χ1v) is 7.09. The average Bonchev–Trinajstić information content (AvgIpc) is 3.15. The highest BCUT2D eigenvalue weighted by Crippen LogP contribution is 2.24. The van der Waals surface area contributed by atoms with Crippen LogP contribution in [-0.4, -0.2) is 21.3 Å². The van der Waals surface area contributed by atoms with Crippen LogP contribution in [0.4, 0.5) is 0 Å². The number of esters is 1. The Morgan fingerprint density at radius 1 is 1.17 bits per heavy atom. The van der Waals surface area contributed by atoms with Gasteiger partial charge in [0.05, 0.1) is 5.69 Å². The molecule has 0 spiro atoms. The molecule has 2 aromatic heterocycles. The summed E-state index contributed by atoms with van der Waals surface area (Å²) in [6.45, 7) is 5.00. The first kappa shape index (κ1) is 15.0. The van der Waals surface area contributed by atoms with Gasteiger partial charge in [0.15, 0.2) is 6.10 Å². The number of carbonyl (C=O) groups excluding carboxylic acids is 1. The van der Waals surface area contributed by atoms with E-state index >= 15 is 0 Å². The maximum Gasteiger partial charge on any atom is 0.344 e. The number of nitrogens with zero attached hydrogens (tertiary/aromatic N) is 3. The molecule has 0 saturated heterocycles. The van der Waals surface area contributed by atoms with Crippen molar-refractivity contribution >= 4 is 5.97 Å². The lowest BCUT2D eigenvalue weighted by Gasteiger charge is -2.08. The summed E-state index contributed by atoms with van der Waals surface area (Å²) in [6.07, 6.45) is -0.679. The Bertz CT molecular complexity index is 803. The van der Waals surface area contributed by atoms with E-state index in [0.717, 1.165) is 5.56 Å². The Balaban J connectivity index is 1.75. The Morgan fingerprint density at radius 3 is 2.57 bits per heavy atom. The molecule has 3 aromatic rings. The average molecular weight is 313 g/mol. The molecule has 0 bridgehead atoms. The Kier molecular flexibility index (Phi) is 3.92. The Hall–Kier alpha value is -2.96. The summed E-state index contributed by atoms with van der Waals surface area (Å²) in [7, 11) is 0. The van der Waals surface area contributed by atoms with Crippen LogP contribution < -0.4 is 0 Å². The topological polar surface area (TPSA) is 91.2 Å². The number of rotatable bonds is 4. The summed E-state index contributed by atoms with van der Waals surface area (Å²) in [6, 6.07) is 9.37. The van der Waals surface area contributed by atoms with Gasteiger partial charge in [-0.15, -0.1) is 10.2 Å². The predicted molar refractivity (Wildman–Crippen MR) is 79.5 cm³/mol. The fraction of sp³-hybridized carbons (Fsp3) is 0.250. The van der Waals surface area contributed by atoms with Crippen molar-refractivity contribution in [2.45, 2.75) is 26.9 Å². The van der Waals surface area contributed by atoms with Gasteiger partial charge in [-0.3, -0.25) is 0 Å². The molecule has 0 N–H and O–H groups in total. The molecule has 0 amide bonds. The fourth-order valence-corrected chi connectivity index (χ4v) is 2.14. The zero-order chi connectivity index (χ0) is 16.4. The molecule has 0 aliphatic rings. The van der Waals surface area contributed by atoms with E-state index < -0.39 is 12.1 Å². The second-order valence-electron chi connectivity index (χ2n) is 5.06. The second kappa shape index (κ2) is 6.04. The van der Waals surface area contributed by atoms with E-state index in [1.165, 1.54) is 0 Å². The first-order chi connectivity index (χ1) is 11.1. The number of aromatic nitrogens is 3. The van der Waals surface area contributed by atoms with Crippen LogP contribution in [-0.2, 0) is 4.74 Å². The lowest BCUT2D eigenvalue weighted by Crippen LogP contribution is -2.11. The van der Waals surface area contributed by atoms with E-state index in [0.29, 0.717) is 22.9 Å². The van der Waals surface area contributed by atoms with Gasteiger partial charge in [0.1, 0.15) is 11.3 Å². The van der Waals surface area contributed by atoms with Crippen molar-refractivity contribution in [1.82, 2.24) is 15.4 Å². The summed E-state index contributed by atoms with van der Waals surface area (Å²) in [5, 5.41) is 11.6. The molecule has 118 valence electrons. The van der Waals surface area contributed by atoms with Crippen LogP contribution in [0, 0.1) is 13.8 Å². The van der Waals surface area contributed by atoms with Crippen LogP contribution in [0.15, 0.2) is 39.3 Å². The summed E-state index contributed by atoms with van der Waals surface area (Å²) >= 11 is 0. The van der Waals surface area contributed by atoms with Crippen LogP contribution in [0.1, 0.15) is 40.7 Å². The van der Waals surface area contributed by atoms with E-state index in [9.17, 15) is 4.79 Å². The SMILES string of the molecule is Cc1noc(C)c1C(=O)O[C@H](C)c1nnc(-c2ccccc2)o1. The molecule has 0 radical (unpaired) electrons. The second-order valence-corrected chi connectivity index (χ2v) is 5.06. The van der Waals surface area contributed by atoms with Crippen LogP contribution in [0.5, 0.6) is 0 Å². The fourth-order valence-electron chi connectivity index (χ4n) is 2.14. The third kappa shape index (κ3) is 2.98. The van der Waals surface area contributed by atoms with Crippen molar-refractivity contribution < 1.29 is 18.5 Å². The van der Waals surface area contributed by atoms with Gasteiger partial charge in [-0.1, -0.05) is 23.4 Å². The van der Waals surface area contributed by atoms with Crippen LogP contribution in [0.2, 0.25) is 0 Å². The van der Waals surface area contributed by atoms with Crippen molar-refractivity contribution in [3.63, 3.8) is 0 Å². The Morgan fingerprint density at radius 2 is 1.91 bits per heavy atom. The smallest absolute Gasteiger partial charge is 0.344 e. The van der Waals surface area contributed by atoms with Crippen LogP contribution >= 0.6 is 0 Å². The molecule has 2 heterocycles. The number of hydrogen-bond acceptors (Lipinski definition) is 7. The van der Waals surface area contributed by atoms with E-state index in [4.69, 9.17) is 13.7 Å². The maximum atomic E-state index is 12.2. The summed E-state index contributed by atoms with van der Waals surface area (Å²) in [4.78, 5) is 12.2. The zero-order valence-electron chi connectivity index (χ0n) is 12.9. The lowest BCUT2D eigenvalue weighted by molar-refractivity contribution is 0.0277. The molecule has 0 aliphatic heterocycles. The zero-order valence-corrected chi connectivity index (χ0v) is 12.9. The molecule has 0 unspecified atom stereocenters. The first-order valence-electron chi connectivity index (χ1n) is 7.09. The molecule has 1 atom stereocenters. The van der Waals surface area contributed by atoms with Crippen molar-refractivity contribution in [1.29, 1.82) is 0 Å². The molecule has 7 nitrogen and oxygen atoms in total. The highest BCUT2D eigenvalue weighted by Gasteiger charge is 2.24. The van der Waals surface area contributed by atoms with Gasteiger partial charge in [-0.05, 0) is 32.9 Å². The number of ether oxygens (including phenoxy) is 1. The molecule has 1 aromatic carbocycles. The normalized spacial score (nSPS) is 12.1. The Labute approximate surface area is 132 Å². The number of hydrogen-bond donors (Lipinski definition) is 0. The number of aryl methyl sites for hydroxylation is 2. The monoisotopic (exact) mass is 313 g/mol. The molecule has 3 rings (SSSR count). The lowest BCUT2D eigenvalue weighted by atomic mass is 10.2. The van der Waals surface area contributed by atoms with Gasteiger partial charge < -0.3 is 13.7 Å². The molecule has 0 fully saturated rings. The summed E-state index contributed by atoms with van der Waals surface area (Å²) < 4.78 is 15.9. The summed E-state index contributed by atoms with van der Waals surface area (Å²) in [5.41, 5.74) is 1.60. The molecule has 7 heteroatoms. The highest BCUT2D eigenvalue weighted by atomic mass is 16.6. The number of carbonyl (C=O) groups is 1. The maximum absolute atomic E-state index is 12.2. The third-order valence-corrected chi connectivity index (χ3v) is 3.33. The van der Waals surface area contributed by atoms with Crippen molar-refractivity contribution in [3.8, 4) is 11.5 Å². The summed E-state index contributed by atoms with van der Waals surface area (Å²) in [5.74, 6) is 0.480. The molecule has 0 aliphatic carbocycles. The van der Waals surface area contributed by atoms with E-state index in [-0.39, 0.29) is 5.89 Å². The molecular formula is C16H15N3O4. The van der Waals surface area contributed by atoms with Crippen molar-refractivity contribution in [2.24, 2.45) is 0 Å². The standard InChI is InChI=1S/C16H15N3O4/c1-9-13(10(2)23-19-9)16(20)21-11(3)14-17-18-15(22-14)12-7-5-4-6-8-12/h4-8,11H,1-3H3/t11-/m1/s1. The minimum absolute atomic E-state index is 0.226. The highest BCUT2D eigenvalue weighted by molar-refractivity contribution is 5.91. The third-order valence-electron chi connectivity index (χ3n) is 3.33. The molecule has 23 heavy (non-hydrogen) atoms. The van der Waals surface area contributed by atoms with Crippen molar-refractivity contribution in [3.05, 3.63) is 53.2 Å². The van der Waals surface area contributed by atoms with Gasteiger partial charge in [-0.2, -0.15) is 0 Å². The minimum Gasteiger partial charge on any atom is -0.449 e. The number of benzene rings is 1. The van der Waals surface area contributed by atoms with E-state index in [1.807, 2.05) is 30.3 Å². The van der Waals surface area contributed by atoms with Gasteiger partial charge in [-0.25, -0.2) is 4.79 Å². The van der Waals surface area contributed by atoms with E-state index in [2.05, 4.69) is 15.4 Å². The van der Waals surface area contributed by atoms with Gasteiger partial charge >= 0.3 is 5.97 Å². The minimum atomic E-state index is -0.679. The van der Waals surface area contributed by atoms with E-state index in [1.54, 1.807) is 20.8 Å². The predicted octanol–water partition coefficient (Wildman–Crippen LogP) is 3.26. The largest absolute Gasteiger partial charge is 0.449 e.